The topological polar surface area (TPSA) is 85.5 Å². The molecular formula is C39H47IrN2O4S-. The van der Waals surface area contributed by atoms with Gasteiger partial charge in [0.05, 0.1) is 12.0 Å². The molecule has 253 valence electrons. The molecule has 1 radical (unpaired) electrons. The average molecular weight is 832 g/mol. The van der Waals surface area contributed by atoms with E-state index >= 15 is 0 Å². The molecule has 0 atom stereocenters. The molecule has 0 fully saturated rings. The largest absolute Gasteiger partial charge is 0.512 e. The van der Waals surface area contributed by atoms with E-state index < -0.39 is 0 Å². The molecule has 1 aliphatic rings. The van der Waals surface area contributed by atoms with Gasteiger partial charge in [-0.1, -0.05) is 79.5 Å². The van der Waals surface area contributed by atoms with Gasteiger partial charge in [-0.3, -0.25) is 9.78 Å². The number of carbonyl (C=O) groups is 1. The molecular weight excluding hydrogens is 785 g/mol. The van der Waals surface area contributed by atoms with Gasteiger partial charge in [0.1, 0.15) is 23.4 Å². The molecule has 0 amide bonds. The Hall–Kier alpha value is -3.06. The van der Waals surface area contributed by atoms with Crippen molar-refractivity contribution >= 4 is 49.3 Å². The van der Waals surface area contributed by atoms with Gasteiger partial charge in [0.25, 0.3) is 0 Å². The van der Waals surface area contributed by atoms with Gasteiger partial charge in [-0.05, 0) is 52.8 Å². The number of allylic oxidation sites excluding steroid dienone is 2. The molecule has 0 unspecified atom stereocenters. The molecule has 2 aromatic carbocycles. The third-order valence-corrected chi connectivity index (χ3v) is 11.2. The van der Waals surface area contributed by atoms with Crippen LogP contribution >= 0.6 is 11.3 Å². The number of aliphatic hydroxyl groups excluding tert-OH is 1. The van der Waals surface area contributed by atoms with Crippen LogP contribution in [0.1, 0.15) is 99.1 Å². The van der Waals surface area contributed by atoms with E-state index in [0.29, 0.717) is 12.3 Å². The number of furan rings is 1. The van der Waals surface area contributed by atoms with Gasteiger partial charge >= 0.3 is 0 Å². The Balaban J connectivity index is 0.000000242. The third-order valence-electron chi connectivity index (χ3n) is 10.2. The fourth-order valence-electron chi connectivity index (χ4n) is 5.91. The van der Waals surface area contributed by atoms with Crippen LogP contribution in [0, 0.1) is 16.9 Å². The van der Waals surface area contributed by atoms with Crippen molar-refractivity contribution in [3.63, 3.8) is 0 Å². The molecule has 47 heavy (non-hydrogen) atoms. The van der Waals surface area contributed by atoms with Gasteiger partial charge in [0.15, 0.2) is 5.78 Å². The number of rotatable bonds is 8. The number of nitrogens with zero attached hydrogens (tertiary/aromatic N) is 2. The monoisotopic (exact) mass is 832 g/mol. The molecule has 1 aliphatic heterocycles. The zero-order valence-electron chi connectivity index (χ0n) is 29.1. The van der Waals surface area contributed by atoms with Gasteiger partial charge in [0.2, 0.25) is 5.71 Å². The summed E-state index contributed by atoms with van der Waals surface area (Å²) in [5, 5.41) is 15.3. The predicted molar refractivity (Wildman–Crippen MR) is 190 cm³/mol. The summed E-state index contributed by atoms with van der Waals surface area (Å²) >= 11 is 1.77. The summed E-state index contributed by atoms with van der Waals surface area (Å²) in [4.78, 5) is 21.3. The molecule has 6 nitrogen and oxygen atoms in total. The number of ketones is 1. The molecule has 0 bridgehead atoms. The molecule has 1 N–H and O–H groups in total. The maximum atomic E-state index is 12.2. The number of fused-ring (bicyclic) bond motifs is 6. The van der Waals surface area contributed by atoms with E-state index in [-0.39, 0.29) is 47.9 Å². The molecule has 0 saturated heterocycles. The molecule has 0 spiro atoms. The van der Waals surface area contributed by atoms with Crippen LogP contribution < -0.4 is 4.74 Å². The van der Waals surface area contributed by atoms with Crippen LogP contribution in [0.3, 0.4) is 0 Å². The van der Waals surface area contributed by atoms with Crippen LogP contribution in [-0.2, 0) is 36.7 Å². The average Bonchev–Trinajstić information content (AvgIpc) is 3.80. The minimum atomic E-state index is -0.337. The zero-order chi connectivity index (χ0) is 33.4. The summed E-state index contributed by atoms with van der Waals surface area (Å²) in [5.74, 6) is 1.19. The van der Waals surface area contributed by atoms with Gasteiger partial charge in [-0.2, -0.15) is 11.3 Å². The van der Waals surface area contributed by atoms with E-state index in [1.165, 1.54) is 21.9 Å². The zero-order valence-corrected chi connectivity index (χ0v) is 32.3. The van der Waals surface area contributed by atoms with Crippen molar-refractivity contribution < 1.29 is 39.2 Å². The smallest absolute Gasteiger partial charge is 0.223 e. The van der Waals surface area contributed by atoms with Crippen molar-refractivity contribution in [2.75, 3.05) is 6.61 Å². The summed E-state index contributed by atoms with van der Waals surface area (Å²) in [6.07, 6.45) is 7.25. The van der Waals surface area contributed by atoms with E-state index in [2.05, 4.69) is 60.4 Å². The number of aliphatic hydroxyl groups is 1. The number of ether oxygens (including phenoxy) is 1. The van der Waals surface area contributed by atoms with Crippen LogP contribution in [-0.4, -0.2) is 27.5 Å². The molecule has 4 heterocycles. The number of benzene rings is 2. The second-order valence-electron chi connectivity index (χ2n) is 14.0. The summed E-state index contributed by atoms with van der Waals surface area (Å²) in [6.45, 7) is 19.5. The van der Waals surface area contributed by atoms with Crippen molar-refractivity contribution in [1.29, 1.82) is 0 Å². The number of aromatic nitrogens is 2. The Bertz CT molecular complexity index is 1920. The first-order valence-electron chi connectivity index (χ1n) is 16.5. The van der Waals surface area contributed by atoms with Gasteiger partial charge < -0.3 is 14.3 Å². The van der Waals surface area contributed by atoms with E-state index in [9.17, 15) is 9.90 Å². The Morgan fingerprint density at radius 1 is 0.979 bits per heavy atom. The minimum Gasteiger partial charge on any atom is -0.512 e. The number of thiophene rings is 1. The van der Waals surface area contributed by atoms with Gasteiger partial charge in [-0.25, -0.2) is 4.98 Å². The second-order valence-corrected chi connectivity index (χ2v) is 14.9. The van der Waals surface area contributed by atoms with Gasteiger partial charge in [0, 0.05) is 54.5 Å². The normalized spacial score (nSPS) is 13.7. The third kappa shape index (κ3) is 6.93. The maximum Gasteiger partial charge on any atom is 0.223 e. The molecule has 5 aromatic rings. The molecule has 0 saturated carbocycles. The SMILES string of the molecule is CC(C)(C)c1cc(-c2ncnc3oc4ccc5c(c4c23)OCC5)[c-]c2ccsc12.CCC(C)(CC)C(=O)/C=C(\O)C(C)(CC)CC.[Ir]. The molecule has 6 rings (SSSR count). The Morgan fingerprint density at radius 3 is 2.30 bits per heavy atom. The Labute approximate surface area is 296 Å². The first-order chi connectivity index (χ1) is 21.8. The summed E-state index contributed by atoms with van der Waals surface area (Å²) in [7, 11) is 0. The van der Waals surface area contributed by atoms with Crippen molar-refractivity contribution in [2.24, 2.45) is 10.8 Å². The minimum absolute atomic E-state index is 0. The van der Waals surface area contributed by atoms with Gasteiger partial charge in [-0.15, -0.1) is 23.6 Å². The first kappa shape index (κ1) is 36.8. The Morgan fingerprint density at radius 2 is 1.66 bits per heavy atom. The fourth-order valence-corrected chi connectivity index (χ4v) is 6.99. The van der Waals surface area contributed by atoms with E-state index in [4.69, 9.17) is 9.15 Å². The van der Waals surface area contributed by atoms with Crippen LogP contribution in [0.15, 0.2) is 52.2 Å². The Kier molecular flexibility index (Phi) is 11.1. The van der Waals surface area contributed by atoms with E-state index in [1.807, 2.05) is 47.6 Å². The van der Waals surface area contributed by atoms with E-state index in [1.54, 1.807) is 17.7 Å². The number of carbonyl (C=O) groups excluding carboxylic acids is 1. The molecule has 8 heteroatoms. The van der Waals surface area contributed by atoms with Crippen molar-refractivity contribution in [3.05, 3.63) is 65.0 Å². The molecule has 0 aliphatic carbocycles. The standard InChI is InChI=1S/C24H19N2O2S.C15H28O2.Ir/c1-24(2,3)16-11-15(10-14-7-9-29-22(14)16)20-19-18-17(28-23(19)26-12-25-20)5-4-13-6-8-27-21(13)18;1-7-14(5,8-2)12(16)11-13(17)15(6,9-3)10-4;/h4-5,7,9,11-12H,6,8H2,1-3H3;11,16H,7-10H2,1-6H3;/q-1;;/b;12-11-;. The second kappa shape index (κ2) is 14.2. The summed E-state index contributed by atoms with van der Waals surface area (Å²) in [6, 6.07) is 12.0. The van der Waals surface area contributed by atoms with Crippen LogP contribution in [0.25, 0.3) is 43.4 Å². The van der Waals surface area contributed by atoms with Crippen molar-refractivity contribution in [1.82, 2.24) is 9.97 Å². The van der Waals surface area contributed by atoms with Crippen LogP contribution in [0.4, 0.5) is 0 Å². The first-order valence-corrected chi connectivity index (χ1v) is 17.4. The predicted octanol–water partition coefficient (Wildman–Crippen LogP) is 10.9. The van der Waals surface area contributed by atoms with Crippen molar-refractivity contribution in [2.45, 2.75) is 99.8 Å². The number of hydrogen-bond acceptors (Lipinski definition) is 7. The quantitative estimate of drug-likeness (QED) is 0.0952. The number of hydrogen-bond donors (Lipinski definition) is 1. The fraction of sp³-hybridized carbons (Fsp3) is 0.462. The van der Waals surface area contributed by atoms with Crippen molar-refractivity contribution in [3.8, 4) is 17.0 Å². The summed E-state index contributed by atoms with van der Waals surface area (Å²) in [5.41, 5.74) is 5.11. The van der Waals surface area contributed by atoms with Crippen LogP contribution in [0.5, 0.6) is 5.75 Å². The van der Waals surface area contributed by atoms with Crippen LogP contribution in [0.2, 0.25) is 0 Å². The molecule has 3 aromatic heterocycles. The van der Waals surface area contributed by atoms with E-state index in [0.717, 1.165) is 70.9 Å². The maximum absolute atomic E-state index is 12.2. The summed E-state index contributed by atoms with van der Waals surface area (Å²) < 4.78 is 13.3.